The first-order valence-corrected chi connectivity index (χ1v) is 7.69. The number of halogens is 1. The summed E-state index contributed by atoms with van der Waals surface area (Å²) in [6.07, 6.45) is 0.0331. The minimum atomic E-state index is -0.422. The molecule has 2 aromatic carbocycles. The number of rotatable bonds is 5. The summed E-state index contributed by atoms with van der Waals surface area (Å²) in [7, 11) is 0. The van der Waals surface area contributed by atoms with Gasteiger partial charge in [0.1, 0.15) is 11.9 Å². The molecule has 24 heavy (non-hydrogen) atoms. The molecule has 1 heterocycles. The van der Waals surface area contributed by atoms with Crippen LogP contribution in [-0.2, 0) is 16.0 Å². The fourth-order valence-electron chi connectivity index (χ4n) is 2.53. The van der Waals surface area contributed by atoms with Crippen LogP contribution in [0.5, 0.6) is 0 Å². The van der Waals surface area contributed by atoms with Gasteiger partial charge in [0.15, 0.2) is 0 Å². The third kappa shape index (κ3) is 4.10. The minimum Gasteiger partial charge on any atom is -0.439 e. The van der Waals surface area contributed by atoms with E-state index in [0.717, 1.165) is 11.1 Å². The lowest BCUT2D eigenvalue weighted by molar-refractivity contribution is -0.116. The molecule has 0 aliphatic carbocycles. The van der Waals surface area contributed by atoms with Crippen molar-refractivity contribution in [3.05, 3.63) is 65.5 Å². The normalized spacial score (nSPS) is 16.4. The fraction of sp³-hybridized carbons (Fsp3) is 0.222. The van der Waals surface area contributed by atoms with Gasteiger partial charge in [-0.2, -0.15) is 0 Å². The molecule has 1 fully saturated rings. The maximum atomic E-state index is 13.1. The van der Waals surface area contributed by atoms with Crippen molar-refractivity contribution >= 4 is 17.7 Å². The second-order valence-corrected chi connectivity index (χ2v) is 5.57. The number of hydrogen-bond acceptors (Lipinski definition) is 3. The molecule has 6 heteroatoms. The number of carbonyl (C=O) groups excluding carboxylic acids is 2. The minimum absolute atomic E-state index is 0.138. The molecule has 5 nitrogen and oxygen atoms in total. The van der Waals surface area contributed by atoms with E-state index in [-0.39, 0.29) is 24.2 Å². The predicted molar refractivity (Wildman–Crippen MR) is 87.0 cm³/mol. The number of benzene rings is 2. The quantitative estimate of drug-likeness (QED) is 0.886. The molecule has 2 N–H and O–H groups in total. The first-order valence-electron chi connectivity index (χ1n) is 7.69. The third-order valence-electron chi connectivity index (χ3n) is 3.78. The second kappa shape index (κ2) is 7.12. The van der Waals surface area contributed by atoms with E-state index in [1.54, 1.807) is 24.3 Å². The maximum Gasteiger partial charge on any atom is 0.407 e. The van der Waals surface area contributed by atoms with E-state index in [1.165, 1.54) is 12.1 Å². The van der Waals surface area contributed by atoms with Crippen molar-refractivity contribution in [1.82, 2.24) is 5.32 Å². The van der Waals surface area contributed by atoms with Crippen LogP contribution < -0.4 is 10.6 Å². The summed E-state index contributed by atoms with van der Waals surface area (Å²) in [6, 6.07) is 13.4. The molecular formula is C18H17FN2O3. The molecule has 0 bridgehead atoms. The van der Waals surface area contributed by atoms with Crippen LogP contribution in [0.15, 0.2) is 48.5 Å². The highest BCUT2D eigenvalue weighted by molar-refractivity contribution is 5.90. The molecule has 3 rings (SSSR count). The molecule has 124 valence electrons. The van der Waals surface area contributed by atoms with Gasteiger partial charge in [-0.1, -0.05) is 24.3 Å². The molecule has 0 radical (unpaired) electrons. The van der Waals surface area contributed by atoms with Crippen molar-refractivity contribution < 1.29 is 18.7 Å². The Morgan fingerprint density at radius 2 is 2.04 bits per heavy atom. The van der Waals surface area contributed by atoms with Gasteiger partial charge < -0.3 is 15.4 Å². The van der Waals surface area contributed by atoms with Gasteiger partial charge in [-0.3, -0.25) is 4.79 Å². The summed E-state index contributed by atoms with van der Waals surface area (Å²) in [4.78, 5) is 23.0. The maximum absolute atomic E-state index is 13.1. The number of carbonyl (C=O) groups is 2. The van der Waals surface area contributed by atoms with Crippen LogP contribution >= 0.6 is 0 Å². The van der Waals surface area contributed by atoms with Crippen LogP contribution in [0.2, 0.25) is 0 Å². The van der Waals surface area contributed by atoms with Crippen LogP contribution in [0.3, 0.4) is 0 Å². The Morgan fingerprint density at radius 1 is 1.25 bits per heavy atom. The van der Waals surface area contributed by atoms with Gasteiger partial charge >= 0.3 is 6.09 Å². The molecule has 1 saturated heterocycles. The number of amides is 2. The summed E-state index contributed by atoms with van der Waals surface area (Å²) in [5.41, 5.74) is 2.32. The smallest absolute Gasteiger partial charge is 0.407 e. The standard InChI is InChI=1S/C18H17FN2O3/c19-14-3-1-2-12(10-14)4-9-17(22)21-15-7-5-13(6-8-15)16-11-20-18(23)24-16/h1-3,5-8,10,16H,4,9,11H2,(H,20,23)(H,21,22). The number of aryl methyl sites for hydroxylation is 1. The van der Waals surface area contributed by atoms with E-state index in [4.69, 9.17) is 4.74 Å². The summed E-state index contributed by atoms with van der Waals surface area (Å²) in [5.74, 6) is -0.438. The van der Waals surface area contributed by atoms with E-state index in [1.807, 2.05) is 12.1 Å². The van der Waals surface area contributed by atoms with Gasteiger partial charge in [0.2, 0.25) is 5.91 Å². The van der Waals surface area contributed by atoms with E-state index < -0.39 is 6.09 Å². The van der Waals surface area contributed by atoms with Gasteiger partial charge in [0.25, 0.3) is 0 Å². The second-order valence-electron chi connectivity index (χ2n) is 5.57. The Hall–Kier alpha value is -2.89. The van der Waals surface area contributed by atoms with E-state index in [0.29, 0.717) is 18.7 Å². The number of cyclic esters (lactones) is 1. The van der Waals surface area contributed by atoms with Crippen LogP contribution in [-0.4, -0.2) is 18.5 Å². The van der Waals surface area contributed by atoms with Crippen LogP contribution in [0.1, 0.15) is 23.7 Å². The summed E-state index contributed by atoms with van der Waals surface area (Å²) >= 11 is 0. The Balaban J connectivity index is 1.52. The molecule has 0 saturated carbocycles. The molecule has 1 aliphatic heterocycles. The van der Waals surface area contributed by atoms with Gasteiger partial charge in [-0.15, -0.1) is 0 Å². The van der Waals surface area contributed by atoms with Gasteiger partial charge in [0, 0.05) is 12.1 Å². The molecule has 2 aromatic rings. The third-order valence-corrected chi connectivity index (χ3v) is 3.78. The first kappa shape index (κ1) is 16.0. The zero-order valence-electron chi connectivity index (χ0n) is 12.9. The molecule has 0 aromatic heterocycles. The van der Waals surface area contributed by atoms with Gasteiger partial charge in [-0.05, 0) is 41.8 Å². The molecule has 1 atom stereocenters. The monoisotopic (exact) mass is 328 g/mol. The van der Waals surface area contributed by atoms with Crippen molar-refractivity contribution in [2.45, 2.75) is 18.9 Å². The van der Waals surface area contributed by atoms with Crippen LogP contribution in [0.25, 0.3) is 0 Å². The average Bonchev–Trinajstić information content (AvgIpc) is 3.00. The van der Waals surface area contributed by atoms with Gasteiger partial charge in [-0.25, -0.2) is 9.18 Å². The fourth-order valence-corrected chi connectivity index (χ4v) is 2.53. The first-order chi connectivity index (χ1) is 11.6. The largest absolute Gasteiger partial charge is 0.439 e. The lowest BCUT2D eigenvalue weighted by Crippen LogP contribution is -2.13. The summed E-state index contributed by atoms with van der Waals surface area (Å²) < 4.78 is 18.2. The molecule has 2 amide bonds. The molecular weight excluding hydrogens is 311 g/mol. The highest BCUT2D eigenvalue weighted by Crippen LogP contribution is 2.22. The Morgan fingerprint density at radius 3 is 2.71 bits per heavy atom. The zero-order chi connectivity index (χ0) is 16.9. The Kier molecular flexibility index (Phi) is 4.74. The van der Waals surface area contributed by atoms with Crippen molar-refractivity contribution in [2.24, 2.45) is 0 Å². The van der Waals surface area contributed by atoms with Crippen molar-refractivity contribution in [1.29, 1.82) is 0 Å². The molecule has 1 unspecified atom stereocenters. The van der Waals surface area contributed by atoms with Crippen molar-refractivity contribution in [3.8, 4) is 0 Å². The number of hydrogen-bond donors (Lipinski definition) is 2. The lowest BCUT2D eigenvalue weighted by atomic mass is 10.1. The highest BCUT2D eigenvalue weighted by atomic mass is 19.1. The average molecular weight is 328 g/mol. The summed E-state index contributed by atoms with van der Waals surface area (Å²) in [6.45, 7) is 0.443. The Labute approximate surface area is 138 Å². The molecule has 1 aliphatic rings. The number of nitrogens with one attached hydrogen (secondary N) is 2. The van der Waals surface area contributed by atoms with Crippen molar-refractivity contribution in [2.75, 3.05) is 11.9 Å². The number of ether oxygens (including phenoxy) is 1. The number of anilines is 1. The number of alkyl carbamates (subject to hydrolysis) is 1. The van der Waals surface area contributed by atoms with Crippen LogP contribution in [0, 0.1) is 5.82 Å². The van der Waals surface area contributed by atoms with E-state index in [9.17, 15) is 14.0 Å². The van der Waals surface area contributed by atoms with E-state index >= 15 is 0 Å². The van der Waals surface area contributed by atoms with Crippen molar-refractivity contribution in [3.63, 3.8) is 0 Å². The van der Waals surface area contributed by atoms with Gasteiger partial charge in [0.05, 0.1) is 6.54 Å². The Bertz CT molecular complexity index is 746. The zero-order valence-corrected chi connectivity index (χ0v) is 12.9. The molecule has 0 spiro atoms. The van der Waals surface area contributed by atoms with Crippen LogP contribution in [0.4, 0.5) is 14.9 Å². The van der Waals surface area contributed by atoms with E-state index in [2.05, 4.69) is 10.6 Å². The highest BCUT2D eigenvalue weighted by Gasteiger charge is 2.23. The predicted octanol–water partition coefficient (Wildman–Crippen LogP) is 3.18. The summed E-state index contributed by atoms with van der Waals surface area (Å²) in [5, 5.41) is 5.39. The lowest BCUT2D eigenvalue weighted by Gasteiger charge is -2.10. The topological polar surface area (TPSA) is 67.4 Å². The SMILES string of the molecule is O=C(CCc1cccc(F)c1)Nc1ccc(C2CNC(=O)O2)cc1.